The van der Waals surface area contributed by atoms with E-state index in [-0.39, 0.29) is 5.54 Å². The standard InChI is InChI=1S/C11H24N2O/c1-4-5-6-8-13-11(2,10-12)7-9-14-3/h4-5,13H,6-10,12H2,1-3H3/b5-4+. The van der Waals surface area contributed by atoms with Crippen LogP contribution >= 0.6 is 0 Å². The number of hydrogen-bond donors (Lipinski definition) is 2. The maximum Gasteiger partial charge on any atom is 0.0480 e. The third-order valence-corrected chi connectivity index (χ3v) is 2.41. The Morgan fingerprint density at radius 1 is 1.50 bits per heavy atom. The highest BCUT2D eigenvalue weighted by molar-refractivity contribution is 4.86. The first-order valence-electron chi connectivity index (χ1n) is 5.23. The molecule has 0 bridgehead atoms. The fourth-order valence-electron chi connectivity index (χ4n) is 1.21. The molecule has 0 saturated carbocycles. The molecule has 3 N–H and O–H groups in total. The van der Waals surface area contributed by atoms with Crippen molar-refractivity contribution in [3.05, 3.63) is 12.2 Å². The number of nitrogens with one attached hydrogen (secondary N) is 1. The van der Waals surface area contributed by atoms with Crippen LogP contribution in [0.2, 0.25) is 0 Å². The minimum atomic E-state index is 0.0115. The molecule has 3 heteroatoms. The van der Waals surface area contributed by atoms with Crippen LogP contribution in [-0.2, 0) is 4.74 Å². The van der Waals surface area contributed by atoms with Gasteiger partial charge in [-0.1, -0.05) is 12.2 Å². The van der Waals surface area contributed by atoms with Gasteiger partial charge >= 0.3 is 0 Å². The van der Waals surface area contributed by atoms with E-state index in [2.05, 4.69) is 24.4 Å². The highest BCUT2D eigenvalue weighted by atomic mass is 16.5. The van der Waals surface area contributed by atoms with Gasteiger partial charge in [-0.3, -0.25) is 0 Å². The molecule has 0 amide bonds. The van der Waals surface area contributed by atoms with Crippen LogP contribution in [0.15, 0.2) is 12.2 Å². The van der Waals surface area contributed by atoms with Crippen molar-refractivity contribution in [3.8, 4) is 0 Å². The summed E-state index contributed by atoms with van der Waals surface area (Å²) in [6.07, 6.45) is 6.23. The van der Waals surface area contributed by atoms with Gasteiger partial charge in [0.2, 0.25) is 0 Å². The first-order chi connectivity index (χ1) is 6.68. The molecule has 0 rings (SSSR count). The van der Waals surface area contributed by atoms with Gasteiger partial charge in [-0.25, -0.2) is 0 Å². The number of ether oxygens (including phenoxy) is 1. The van der Waals surface area contributed by atoms with Crippen LogP contribution in [0.1, 0.15) is 26.7 Å². The average molecular weight is 200 g/mol. The maximum absolute atomic E-state index is 5.73. The van der Waals surface area contributed by atoms with Crippen LogP contribution in [0.3, 0.4) is 0 Å². The van der Waals surface area contributed by atoms with Crippen LogP contribution in [0, 0.1) is 0 Å². The Bertz CT molecular complexity index is 159. The van der Waals surface area contributed by atoms with E-state index in [4.69, 9.17) is 10.5 Å². The molecule has 0 saturated heterocycles. The summed E-state index contributed by atoms with van der Waals surface area (Å²) in [4.78, 5) is 0. The van der Waals surface area contributed by atoms with E-state index in [0.717, 1.165) is 26.0 Å². The Labute approximate surface area is 87.7 Å². The van der Waals surface area contributed by atoms with E-state index < -0.39 is 0 Å². The predicted octanol–water partition coefficient (Wildman–Crippen LogP) is 1.30. The van der Waals surface area contributed by atoms with Gasteiger partial charge in [0.05, 0.1) is 0 Å². The summed E-state index contributed by atoms with van der Waals surface area (Å²) in [5, 5.41) is 3.46. The zero-order chi connectivity index (χ0) is 10.9. The van der Waals surface area contributed by atoms with E-state index >= 15 is 0 Å². The van der Waals surface area contributed by atoms with Gasteiger partial charge in [-0.2, -0.15) is 0 Å². The molecular weight excluding hydrogens is 176 g/mol. The minimum Gasteiger partial charge on any atom is -0.385 e. The van der Waals surface area contributed by atoms with Crippen LogP contribution in [0.4, 0.5) is 0 Å². The van der Waals surface area contributed by atoms with Crippen molar-refractivity contribution in [2.75, 3.05) is 26.8 Å². The van der Waals surface area contributed by atoms with Crippen molar-refractivity contribution < 1.29 is 4.74 Å². The summed E-state index contributed by atoms with van der Waals surface area (Å²) < 4.78 is 5.06. The van der Waals surface area contributed by atoms with Gasteiger partial charge in [0, 0.05) is 25.8 Å². The summed E-state index contributed by atoms with van der Waals surface area (Å²) in [5.41, 5.74) is 5.74. The molecule has 1 unspecified atom stereocenters. The van der Waals surface area contributed by atoms with Gasteiger partial charge < -0.3 is 15.8 Å². The molecule has 0 aliphatic heterocycles. The molecule has 84 valence electrons. The Morgan fingerprint density at radius 3 is 2.71 bits per heavy atom. The molecule has 3 nitrogen and oxygen atoms in total. The third-order valence-electron chi connectivity index (χ3n) is 2.41. The lowest BCUT2D eigenvalue weighted by atomic mass is 9.98. The fraction of sp³-hybridized carbons (Fsp3) is 0.818. The molecule has 0 aliphatic carbocycles. The van der Waals surface area contributed by atoms with Gasteiger partial charge in [0.25, 0.3) is 0 Å². The largest absolute Gasteiger partial charge is 0.385 e. The predicted molar refractivity (Wildman–Crippen MR) is 61.4 cm³/mol. The Kier molecular flexibility index (Phi) is 7.76. The zero-order valence-corrected chi connectivity index (χ0v) is 9.68. The van der Waals surface area contributed by atoms with Gasteiger partial charge in [-0.15, -0.1) is 0 Å². The lowest BCUT2D eigenvalue weighted by Gasteiger charge is -2.29. The fourth-order valence-corrected chi connectivity index (χ4v) is 1.21. The molecule has 0 radical (unpaired) electrons. The van der Waals surface area contributed by atoms with E-state index in [1.807, 2.05) is 6.92 Å². The maximum atomic E-state index is 5.73. The Morgan fingerprint density at radius 2 is 2.21 bits per heavy atom. The second kappa shape index (κ2) is 7.97. The minimum absolute atomic E-state index is 0.0115. The Balaban J connectivity index is 3.74. The summed E-state index contributed by atoms with van der Waals surface area (Å²) >= 11 is 0. The molecule has 0 aromatic rings. The SMILES string of the molecule is C/C=C/CCNC(C)(CN)CCOC. The third kappa shape index (κ3) is 6.13. The van der Waals surface area contributed by atoms with Crippen molar-refractivity contribution in [2.45, 2.75) is 32.2 Å². The molecule has 1 atom stereocenters. The first-order valence-corrected chi connectivity index (χ1v) is 5.23. The van der Waals surface area contributed by atoms with Crippen LogP contribution in [0.25, 0.3) is 0 Å². The molecule has 0 spiro atoms. The van der Waals surface area contributed by atoms with Crippen molar-refractivity contribution >= 4 is 0 Å². The quantitative estimate of drug-likeness (QED) is 0.458. The summed E-state index contributed by atoms with van der Waals surface area (Å²) in [7, 11) is 1.72. The van der Waals surface area contributed by atoms with E-state index in [9.17, 15) is 0 Å². The topological polar surface area (TPSA) is 47.3 Å². The van der Waals surface area contributed by atoms with Crippen molar-refractivity contribution in [1.29, 1.82) is 0 Å². The second-order valence-electron chi connectivity index (χ2n) is 3.79. The van der Waals surface area contributed by atoms with Crippen molar-refractivity contribution in [2.24, 2.45) is 5.73 Å². The molecule has 0 heterocycles. The highest BCUT2D eigenvalue weighted by Gasteiger charge is 2.20. The molecule has 0 aliphatic rings. The van der Waals surface area contributed by atoms with Gasteiger partial charge in [0.1, 0.15) is 0 Å². The average Bonchev–Trinajstić information content (AvgIpc) is 2.22. The van der Waals surface area contributed by atoms with Crippen LogP contribution in [-0.4, -0.2) is 32.3 Å². The van der Waals surface area contributed by atoms with Gasteiger partial charge in [-0.05, 0) is 33.2 Å². The molecule has 0 aromatic carbocycles. The Hall–Kier alpha value is -0.380. The second-order valence-corrected chi connectivity index (χ2v) is 3.79. The normalized spacial score (nSPS) is 16.0. The number of hydrogen-bond acceptors (Lipinski definition) is 3. The number of nitrogens with two attached hydrogens (primary N) is 1. The van der Waals surface area contributed by atoms with E-state index in [1.165, 1.54) is 0 Å². The number of allylic oxidation sites excluding steroid dienone is 1. The molecule has 14 heavy (non-hydrogen) atoms. The number of methoxy groups -OCH3 is 1. The highest BCUT2D eigenvalue weighted by Crippen LogP contribution is 2.07. The number of rotatable bonds is 8. The summed E-state index contributed by atoms with van der Waals surface area (Å²) in [5.74, 6) is 0. The monoisotopic (exact) mass is 200 g/mol. The lowest BCUT2D eigenvalue weighted by Crippen LogP contribution is -2.49. The van der Waals surface area contributed by atoms with Crippen LogP contribution < -0.4 is 11.1 Å². The zero-order valence-electron chi connectivity index (χ0n) is 9.68. The summed E-state index contributed by atoms with van der Waals surface area (Å²) in [6, 6.07) is 0. The molecule has 0 fully saturated rings. The first kappa shape index (κ1) is 13.6. The van der Waals surface area contributed by atoms with Crippen molar-refractivity contribution in [1.82, 2.24) is 5.32 Å². The lowest BCUT2D eigenvalue weighted by molar-refractivity contribution is 0.162. The van der Waals surface area contributed by atoms with E-state index in [0.29, 0.717) is 6.54 Å². The summed E-state index contributed by atoms with van der Waals surface area (Å²) in [6.45, 7) is 6.55. The molecular formula is C11H24N2O. The van der Waals surface area contributed by atoms with E-state index in [1.54, 1.807) is 7.11 Å². The van der Waals surface area contributed by atoms with Crippen molar-refractivity contribution in [3.63, 3.8) is 0 Å². The smallest absolute Gasteiger partial charge is 0.0480 e. The van der Waals surface area contributed by atoms with Crippen LogP contribution in [0.5, 0.6) is 0 Å². The van der Waals surface area contributed by atoms with Gasteiger partial charge in [0.15, 0.2) is 0 Å². The molecule has 0 aromatic heterocycles.